The van der Waals surface area contributed by atoms with Crippen LogP contribution in [0.5, 0.6) is 5.75 Å². The highest BCUT2D eigenvalue weighted by Crippen LogP contribution is 2.19. The second-order valence-corrected chi connectivity index (χ2v) is 7.16. The highest BCUT2D eigenvalue weighted by atomic mass is 79.9. The van der Waals surface area contributed by atoms with Gasteiger partial charge in [0.25, 0.3) is 0 Å². The third kappa shape index (κ3) is 6.77. The van der Waals surface area contributed by atoms with E-state index in [1.165, 1.54) is 12.1 Å². The predicted octanol–water partition coefficient (Wildman–Crippen LogP) is 4.17. The molecular formula is C20H24BrFN2O2. The highest BCUT2D eigenvalue weighted by molar-refractivity contribution is 9.10. The topological polar surface area (TPSA) is 41.6 Å². The monoisotopic (exact) mass is 422 g/mol. The van der Waals surface area contributed by atoms with Crippen molar-refractivity contribution >= 4 is 21.8 Å². The molecule has 0 fully saturated rings. The van der Waals surface area contributed by atoms with E-state index in [1.807, 2.05) is 49.3 Å². The number of hydrogen-bond acceptors (Lipinski definition) is 3. The van der Waals surface area contributed by atoms with E-state index in [1.54, 1.807) is 6.07 Å². The van der Waals surface area contributed by atoms with E-state index in [0.29, 0.717) is 26.0 Å². The van der Waals surface area contributed by atoms with Gasteiger partial charge in [0.05, 0.1) is 12.6 Å². The molecule has 2 aromatic carbocycles. The standard InChI is InChI=1S/C20H24BrFN2O2/c1-24(2)19(15-6-3-8-17(22)12-15)14-23-20(25)10-5-11-26-18-9-4-7-16(21)13-18/h3-4,6-9,12-13,19H,5,10-11,14H2,1-2H3,(H,23,25). The second-order valence-electron chi connectivity index (χ2n) is 6.25. The quantitative estimate of drug-likeness (QED) is 0.616. The number of ether oxygens (including phenoxy) is 1. The third-order valence-electron chi connectivity index (χ3n) is 3.96. The number of carbonyl (C=O) groups excluding carboxylic acids is 1. The van der Waals surface area contributed by atoms with Crippen molar-refractivity contribution in [2.75, 3.05) is 27.2 Å². The van der Waals surface area contributed by atoms with Crippen molar-refractivity contribution in [3.8, 4) is 5.75 Å². The molecule has 0 saturated carbocycles. The number of rotatable bonds is 9. The molecule has 6 heteroatoms. The molecule has 2 rings (SSSR count). The average molecular weight is 423 g/mol. The summed E-state index contributed by atoms with van der Waals surface area (Å²) in [4.78, 5) is 14.0. The Morgan fingerprint density at radius 2 is 2.00 bits per heavy atom. The first-order valence-electron chi connectivity index (χ1n) is 8.52. The first kappa shape index (κ1) is 20.4. The van der Waals surface area contributed by atoms with E-state index in [-0.39, 0.29) is 17.8 Å². The first-order valence-corrected chi connectivity index (χ1v) is 9.32. The largest absolute Gasteiger partial charge is 0.494 e. The smallest absolute Gasteiger partial charge is 0.220 e. The minimum absolute atomic E-state index is 0.0360. The SMILES string of the molecule is CN(C)C(CNC(=O)CCCOc1cccc(Br)c1)c1cccc(F)c1. The third-order valence-corrected chi connectivity index (χ3v) is 4.46. The Morgan fingerprint density at radius 3 is 2.69 bits per heavy atom. The van der Waals surface area contributed by atoms with E-state index < -0.39 is 0 Å². The summed E-state index contributed by atoms with van der Waals surface area (Å²) in [5, 5.41) is 2.92. The summed E-state index contributed by atoms with van der Waals surface area (Å²) < 4.78 is 20.0. The van der Waals surface area contributed by atoms with Crippen molar-refractivity contribution in [1.29, 1.82) is 0 Å². The molecule has 1 unspecified atom stereocenters. The molecule has 1 N–H and O–H groups in total. The molecule has 0 spiro atoms. The van der Waals surface area contributed by atoms with Crippen LogP contribution in [0.4, 0.5) is 4.39 Å². The molecule has 0 aliphatic rings. The van der Waals surface area contributed by atoms with Crippen LogP contribution in [0.2, 0.25) is 0 Å². The van der Waals surface area contributed by atoms with Gasteiger partial charge < -0.3 is 15.0 Å². The van der Waals surface area contributed by atoms with Gasteiger partial charge in [-0.25, -0.2) is 4.39 Å². The lowest BCUT2D eigenvalue weighted by atomic mass is 10.1. The lowest BCUT2D eigenvalue weighted by Gasteiger charge is -2.25. The van der Waals surface area contributed by atoms with Gasteiger partial charge in [0.15, 0.2) is 0 Å². The second kappa shape index (κ2) is 10.3. The van der Waals surface area contributed by atoms with Gasteiger partial charge in [-0.2, -0.15) is 0 Å². The van der Waals surface area contributed by atoms with Crippen LogP contribution in [0.1, 0.15) is 24.4 Å². The van der Waals surface area contributed by atoms with E-state index >= 15 is 0 Å². The van der Waals surface area contributed by atoms with Crippen LogP contribution < -0.4 is 10.1 Å². The van der Waals surface area contributed by atoms with Gasteiger partial charge in [0.2, 0.25) is 5.91 Å². The fourth-order valence-electron chi connectivity index (χ4n) is 2.59. The Bertz CT molecular complexity index is 724. The van der Waals surface area contributed by atoms with E-state index in [2.05, 4.69) is 21.2 Å². The van der Waals surface area contributed by atoms with Gasteiger partial charge in [-0.15, -0.1) is 0 Å². The van der Waals surface area contributed by atoms with E-state index in [9.17, 15) is 9.18 Å². The number of benzene rings is 2. The van der Waals surface area contributed by atoms with Crippen molar-refractivity contribution in [1.82, 2.24) is 10.2 Å². The van der Waals surface area contributed by atoms with Crippen LogP contribution in [0.15, 0.2) is 53.0 Å². The lowest BCUT2D eigenvalue weighted by molar-refractivity contribution is -0.121. The maximum absolute atomic E-state index is 13.4. The minimum Gasteiger partial charge on any atom is -0.494 e. The predicted molar refractivity (Wildman–Crippen MR) is 105 cm³/mol. The molecule has 26 heavy (non-hydrogen) atoms. The zero-order valence-electron chi connectivity index (χ0n) is 15.0. The molecule has 0 aliphatic heterocycles. The van der Waals surface area contributed by atoms with Crippen LogP contribution >= 0.6 is 15.9 Å². The van der Waals surface area contributed by atoms with Crippen LogP contribution in [0, 0.1) is 5.82 Å². The van der Waals surface area contributed by atoms with Crippen molar-refractivity contribution in [2.45, 2.75) is 18.9 Å². The maximum atomic E-state index is 13.4. The number of nitrogens with zero attached hydrogens (tertiary/aromatic N) is 1. The van der Waals surface area contributed by atoms with Gasteiger partial charge in [-0.05, 0) is 56.4 Å². The summed E-state index contributed by atoms with van der Waals surface area (Å²) in [5.74, 6) is 0.468. The molecule has 0 aromatic heterocycles. The maximum Gasteiger partial charge on any atom is 0.220 e. The van der Waals surface area contributed by atoms with Crippen LogP contribution in [0.3, 0.4) is 0 Å². The number of amides is 1. The molecule has 1 atom stereocenters. The van der Waals surface area contributed by atoms with Crippen LogP contribution in [0.25, 0.3) is 0 Å². The van der Waals surface area contributed by atoms with Gasteiger partial charge >= 0.3 is 0 Å². The Balaban J connectivity index is 1.74. The number of carbonyl (C=O) groups is 1. The summed E-state index contributed by atoms with van der Waals surface area (Å²) in [7, 11) is 3.82. The molecule has 4 nitrogen and oxygen atoms in total. The van der Waals surface area contributed by atoms with Gasteiger partial charge in [0, 0.05) is 17.4 Å². The molecule has 1 amide bonds. The number of halogens is 2. The first-order chi connectivity index (χ1) is 12.5. The molecule has 0 aliphatic carbocycles. The zero-order valence-corrected chi connectivity index (χ0v) is 16.6. The molecule has 140 valence electrons. The van der Waals surface area contributed by atoms with E-state index in [0.717, 1.165) is 15.8 Å². The van der Waals surface area contributed by atoms with Crippen molar-refractivity contribution in [3.05, 3.63) is 64.4 Å². The van der Waals surface area contributed by atoms with Crippen molar-refractivity contribution in [2.24, 2.45) is 0 Å². The fraction of sp³-hybridized carbons (Fsp3) is 0.350. The summed E-state index contributed by atoms with van der Waals surface area (Å²) in [6.07, 6.45) is 1.02. The Kier molecular flexibility index (Phi) is 8.06. The summed E-state index contributed by atoms with van der Waals surface area (Å²) in [6, 6.07) is 14.0. The zero-order chi connectivity index (χ0) is 18.9. The Morgan fingerprint density at radius 1 is 1.23 bits per heavy atom. The van der Waals surface area contributed by atoms with Gasteiger partial charge in [0.1, 0.15) is 11.6 Å². The number of nitrogens with one attached hydrogen (secondary N) is 1. The normalized spacial score (nSPS) is 12.0. The summed E-state index contributed by atoms with van der Waals surface area (Å²) in [6.45, 7) is 0.909. The van der Waals surface area contributed by atoms with Crippen LogP contribution in [-0.4, -0.2) is 38.1 Å². The van der Waals surface area contributed by atoms with Crippen molar-refractivity contribution < 1.29 is 13.9 Å². The lowest BCUT2D eigenvalue weighted by Crippen LogP contribution is -2.34. The number of likely N-dealkylation sites (N-methyl/N-ethyl adjacent to an activating group) is 1. The molecule has 0 bridgehead atoms. The van der Waals surface area contributed by atoms with Gasteiger partial charge in [-0.3, -0.25) is 4.79 Å². The average Bonchev–Trinajstić information content (AvgIpc) is 2.59. The number of hydrogen-bond donors (Lipinski definition) is 1. The summed E-state index contributed by atoms with van der Waals surface area (Å²) >= 11 is 3.39. The fourth-order valence-corrected chi connectivity index (χ4v) is 2.97. The van der Waals surface area contributed by atoms with E-state index in [4.69, 9.17) is 4.74 Å². The molecule has 0 heterocycles. The molecule has 0 radical (unpaired) electrons. The van der Waals surface area contributed by atoms with Crippen molar-refractivity contribution in [3.63, 3.8) is 0 Å². The Labute approximate surface area is 162 Å². The Hall–Kier alpha value is -1.92. The molecule has 0 saturated heterocycles. The highest BCUT2D eigenvalue weighted by Gasteiger charge is 2.15. The molecule has 2 aromatic rings. The van der Waals surface area contributed by atoms with Gasteiger partial charge in [-0.1, -0.05) is 34.1 Å². The molecular weight excluding hydrogens is 399 g/mol. The summed E-state index contributed by atoms with van der Waals surface area (Å²) in [5.41, 5.74) is 0.841. The minimum atomic E-state index is -0.273. The van der Waals surface area contributed by atoms with Crippen LogP contribution in [-0.2, 0) is 4.79 Å².